The van der Waals surface area contributed by atoms with Gasteiger partial charge in [-0.2, -0.15) is 0 Å². The quantitative estimate of drug-likeness (QED) is 0.746. The first-order chi connectivity index (χ1) is 6.70. The van der Waals surface area contributed by atoms with E-state index in [1.54, 1.807) is 0 Å². The third-order valence-electron chi connectivity index (χ3n) is 3.98. The molecule has 14 heavy (non-hydrogen) atoms. The van der Waals surface area contributed by atoms with Crippen LogP contribution < -0.4 is 5.73 Å². The molecule has 2 aliphatic rings. The molecular weight excluding hydrogens is 172 g/mol. The largest absolute Gasteiger partial charge is 0.325 e. The van der Waals surface area contributed by atoms with E-state index in [9.17, 15) is 0 Å². The lowest BCUT2D eigenvalue weighted by atomic mass is 9.80. The van der Waals surface area contributed by atoms with Gasteiger partial charge in [-0.1, -0.05) is 19.3 Å². The van der Waals surface area contributed by atoms with E-state index in [-0.39, 0.29) is 5.54 Å². The standard InChI is InChI=1S/C12H24N2/c1-14(11-5-6-11)10-9-12(13)7-3-2-4-8-12/h11H,2-10,13H2,1H3. The van der Waals surface area contributed by atoms with Crippen LogP contribution in [0.1, 0.15) is 51.4 Å². The first-order valence-corrected chi connectivity index (χ1v) is 6.19. The van der Waals surface area contributed by atoms with Crippen LogP contribution >= 0.6 is 0 Å². The minimum atomic E-state index is 0.182. The maximum atomic E-state index is 6.40. The van der Waals surface area contributed by atoms with Crippen molar-refractivity contribution in [2.24, 2.45) is 5.73 Å². The second kappa shape index (κ2) is 4.19. The second-order valence-electron chi connectivity index (χ2n) is 5.38. The zero-order chi connectivity index (χ0) is 10.0. The van der Waals surface area contributed by atoms with Crippen LogP contribution in [0.15, 0.2) is 0 Å². The van der Waals surface area contributed by atoms with Gasteiger partial charge in [0, 0.05) is 11.6 Å². The fourth-order valence-electron chi connectivity index (χ4n) is 2.60. The molecule has 2 N–H and O–H groups in total. The summed E-state index contributed by atoms with van der Waals surface area (Å²) >= 11 is 0. The number of nitrogens with zero attached hydrogens (tertiary/aromatic N) is 1. The second-order valence-corrected chi connectivity index (χ2v) is 5.38. The molecule has 0 spiro atoms. The molecule has 0 unspecified atom stereocenters. The van der Waals surface area contributed by atoms with E-state index in [1.165, 1.54) is 57.9 Å². The van der Waals surface area contributed by atoms with Gasteiger partial charge in [-0.25, -0.2) is 0 Å². The molecule has 0 aromatic heterocycles. The lowest BCUT2D eigenvalue weighted by Crippen LogP contribution is -2.44. The van der Waals surface area contributed by atoms with Crippen LogP contribution in [0.5, 0.6) is 0 Å². The lowest BCUT2D eigenvalue weighted by molar-refractivity contribution is 0.226. The van der Waals surface area contributed by atoms with Crippen LogP contribution in [0.2, 0.25) is 0 Å². The fourth-order valence-corrected chi connectivity index (χ4v) is 2.60. The predicted octanol–water partition coefficient (Wildman–Crippen LogP) is 2.13. The van der Waals surface area contributed by atoms with Crippen LogP contribution in [-0.4, -0.2) is 30.1 Å². The van der Waals surface area contributed by atoms with Crippen molar-refractivity contribution in [3.05, 3.63) is 0 Å². The first-order valence-electron chi connectivity index (χ1n) is 6.19. The molecule has 0 aromatic rings. The van der Waals surface area contributed by atoms with Gasteiger partial charge in [0.15, 0.2) is 0 Å². The maximum absolute atomic E-state index is 6.40. The van der Waals surface area contributed by atoms with E-state index in [4.69, 9.17) is 5.73 Å². The SMILES string of the molecule is CN(CCC1(N)CCCCC1)C1CC1. The summed E-state index contributed by atoms with van der Waals surface area (Å²) in [6.07, 6.45) is 10.6. The van der Waals surface area contributed by atoms with E-state index in [2.05, 4.69) is 11.9 Å². The fraction of sp³-hybridized carbons (Fsp3) is 1.00. The van der Waals surface area contributed by atoms with Crippen LogP contribution in [0, 0.1) is 0 Å². The van der Waals surface area contributed by atoms with Crippen LogP contribution in [0.3, 0.4) is 0 Å². The highest BCUT2D eigenvalue weighted by Crippen LogP contribution is 2.30. The minimum absolute atomic E-state index is 0.182. The highest BCUT2D eigenvalue weighted by Gasteiger charge is 2.30. The molecule has 0 bridgehead atoms. The zero-order valence-electron chi connectivity index (χ0n) is 9.47. The molecule has 2 nitrogen and oxygen atoms in total. The summed E-state index contributed by atoms with van der Waals surface area (Å²) in [5, 5.41) is 0. The lowest BCUT2D eigenvalue weighted by Gasteiger charge is -2.34. The monoisotopic (exact) mass is 196 g/mol. The average molecular weight is 196 g/mol. The van der Waals surface area contributed by atoms with Crippen molar-refractivity contribution >= 4 is 0 Å². The van der Waals surface area contributed by atoms with Gasteiger partial charge in [0.2, 0.25) is 0 Å². The van der Waals surface area contributed by atoms with Crippen LogP contribution in [0.25, 0.3) is 0 Å². The number of nitrogens with two attached hydrogens (primary N) is 1. The predicted molar refractivity (Wildman–Crippen MR) is 60.3 cm³/mol. The summed E-state index contributed by atoms with van der Waals surface area (Å²) in [4.78, 5) is 2.50. The summed E-state index contributed by atoms with van der Waals surface area (Å²) in [5.41, 5.74) is 6.58. The molecule has 2 fully saturated rings. The maximum Gasteiger partial charge on any atom is 0.0166 e. The van der Waals surface area contributed by atoms with Crippen LogP contribution in [0.4, 0.5) is 0 Å². The summed E-state index contributed by atoms with van der Waals surface area (Å²) < 4.78 is 0. The first kappa shape index (κ1) is 10.4. The molecule has 0 radical (unpaired) electrons. The summed E-state index contributed by atoms with van der Waals surface area (Å²) in [5.74, 6) is 0. The highest BCUT2D eigenvalue weighted by molar-refractivity contribution is 4.90. The topological polar surface area (TPSA) is 29.3 Å². The number of rotatable bonds is 4. The molecule has 0 heterocycles. The van der Waals surface area contributed by atoms with E-state index in [1.807, 2.05) is 0 Å². The Kier molecular flexibility index (Phi) is 3.13. The average Bonchev–Trinajstić information content (AvgIpc) is 2.99. The smallest absolute Gasteiger partial charge is 0.0166 e. The van der Waals surface area contributed by atoms with Crippen molar-refractivity contribution in [2.75, 3.05) is 13.6 Å². The Hall–Kier alpha value is -0.0800. The molecule has 0 saturated heterocycles. The Labute approximate surface area is 87.8 Å². The molecule has 82 valence electrons. The van der Waals surface area contributed by atoms with Crippen molar-refractivity contribution in [2.45, 2.75) is 62.9 Å². The molecular formula is C12H24N2. The Balaban J connectivity index is 1.71. The van der Waals surface area contributed by atoms with Gasteiger partial charge in [0.05, 0.1) is 0 Å². The van der Waals surface area contributed by atoms with Gasteiger partial charge in [-0.3, -0.25) is 0 Å². The third kappa shape index (κ3) is 2.71. The summed E-state index contributed by atoms with van der Waals surface area (Å²) in [6, 6.07) is 0.891. The van der Waals surface area contributed by atoms with Crippen molar-refractivity contribution in [1.82, 2.24) is 4.90 Å². The Bertz CT molecular complexity index is 181. The van der Waals surface area contributed by atoms with Crippen molar-refractivity contribution in [1.29, 1.82) is 0 Å². The summed E-state index contributed by atoms with van der Waals surface area (Å²) in [7, 11) is 2.25. The Morgan fingerprint density at radius 1 is 1.21 bits per heavy atom. The molecule has 2 rings (SSSR count). The molecule has 0 aliphatic heterocycles. The number of hydrogen-bond donors (Lipinski definition) is 1. The Morgan fingerprint density at radius 3 is 2.43 bits per heavy atom. The van der Waals surface area contributed by atoms with Gasteiger partial charge in [-0.05, 0) is 45.7 Å². The van der Waals surface area contributed by atoms with E-state index < -0.39 is 0 Å². The van der Waals surface area contributed by atoms with Crippen molar-refractivity contribution in [3.63, 3.8) is 0 Å². The van der Waals surface area contributed by atoms with Gasteiger partial charge in [0.1, 0.15) is 0 Å². The highest BCUT2D eigenvalue weighted by atomic mass is 15.1. The van der Waals surface area contributed by atoms with E-state index in [0.29, 0.717) is 0 Å². The van der Waals surface area contributed by atoms with Gasteiger partial charge in [0.25, 0.3) is 0 Å². The summed E-state index contributed by atoms with van der Waals surface area (Å²) in [6.45, 7) is 1.21. The minimum Gasteiger partial charge on any atom is -0.325 e. The van der Waals surface area contributed by atoms with Crippen molar-refractivity contribution < 1.29 is 0 Å². The molecule has 0 atom stereocenters. The van der Waals surface area contributed by atoms with Gasteiger partial charge in [-0.15, -0.1) is 0 Å². The molecule has 0 aromatic carbocycles. The third-order valence-corrected chi connectivity index (χ3v) is 3.98. The zero-order valence-corrected chi connectivity index (χ0v) is 9.47. The Morgan fingerprint density at radius 2 is 1.86 bits per heavy atom. The number of hydrogen-bond acceptors (Lipinski definition) is 2. The molecule has 2 aliphatic carbocycles. The molecule has 2 saturated carbocycles. The molecule has 2 heteroatoms. The van der Waals surface area contributed by atoms with Gasteiger partial charge >= 0.3 is 0 Å². The molecule has 0 amide bonds. The van der Waals surface area contributed by atoms with E-state index >= 15 is 0 Å². The van der Waals surface area contributed by atoms with Crippen molar-refractivity contribution in [3.8, 4) is 0 Å². The van der Waals surface area contributed by atoms with Gasteiger partial charge < -0.3 is 10.6 Å². The van der Waals surface area contributed by atoms with Crippen LogP contribution in [-0.2, 0) is 0 Å². The van der Waals surface area contributed by atoms with E-state index in [0.717, 1.165) is 6.04 Å². The normalized spacial score (nSPS) is 26.8.